The maximum atomic E-state index is 12.3. The van der Waals surface area contributed by atoms with Crippen molar-refractivity contribution in [2.45, 2.75) is 30.6 Å². The van der Waals surface area contributed by atoms with E-state index in [1.165, 1.54) is 11.3 Å². The predicted molar refractivity (Wildman–Crippen MR) is 87.4 cm³/mol. The fourth-order valence-corrected chi connectivity index (χ4v) is 7.50. The zero-order valence-corrected chi connectivity index (χ0v) is 15.6. The lowest BCUT2D eigenvalue weighted by Gasteiger charge is -2.30. The molecule has 0 bridgehead atoms. The summed E-state index contributed by atoms with van der Waals surface area (Å²) >= 11 is 7.90. The molecule has 0 amide bonds. The highest BCUT2D eigenvalue weighted by Gasteiger charge is 2.27. The van der Waals surface area contributed by atoms with Crippen molar-refractivity contribution in [3.8, 4) is 0 Å². The first kappa shape index (κ1) is 16.9. The van der Waals surface area contributed by atoms with Gasteiger partial charge in [-0.1, -0.05) is 12.8 Å². The van der Waals surface area contributed by atoms with Gasteiger partial charge in [-0.25, -0.2) is 13.1 Å². The summed E-state index contributed by atoms with van der Waals surface area (Å²) in [5.41, 5.74) is 0. The van der Waals surface area contributed by atoms with E-state index in [-0.39, 0.29) is 23.3 Å². The van der Waals surface area contributed by atoms with E-state index in [9.17, 15) is 13.5 Å². The highest BCUT2D eigenvalue weighted by Crippen LogP contribution is 2.35. The Bertz CT molecular complexity index is 559. The second-order valence-corrected chi connectivity index (χ2v) is 10.5. The first-order chi connectivity index (χ1) is 9.44. The fourth-order valence-electron chi connectivity index (χ4n) is 2.60. The molecule has 1 aromatic rings. The normalized spacial score (nSPS) is 23.9. The maximum absolute atomic E-state index is 12.3. The third-order valence-electron chi connectivity index (χ3n) is 3.75. The minimum atomic E-state index is -3.50. The molecular weight excluding hydrogens is 430 g/mol. The average Bonchev–Trinajstić information content (AvgIpc) is 2.76. The standard InChI is InChI=1S/C12H17Br2NO3S2/c13-11-5-10(12(14)19-11)20(17,18)15-6-8-3-1-2-4-9(8)7-16/h5,8-9,15-16H,1-4,6-7H2. The Morgan fingerprint density at radius 3 is 2.50 bits per heavy atom. The maximum Gasteiger partial charge on any atom is 0.242 e. The molecule has 2 atom stereocenters. The second-order valence-electron chi connectivity index (χ2n) is 5.03. The van der Waals surface area contributed by atoms with E-state index in [0.29, 0.717) is 10.3 Å². The first-order valence-electron chi connectivity index (χ1n) is 6.49. The molecule has 2 unspecified atom stereocenters. The molecule has 1 saturated carbocycles. The Morgan fingerprint density at radius 2 is 1.95 bits per heavy atom. The molecule has 2 rings (SSSR count). The number of hydrogen-bond donors (Lipinski definition) is 2. The number of rotatable bonds is 5. The van der Waals surface area contributed by atoms with E-state index in [2.05, 4.69) is 36.6 Å². The van der Waals surface area contributed by atoms with Crippen LogP contribution in [0.5, 0.6) is 0 Å². The summed E-state index contributed by atoms with van der Waals surface area (Å²) in [5.74, 6) is 0.438. The van der Waals surface area contributed by atoms with Crippen molar-refractivity contribution in [1.29, 1.82) is 0 Å². The Morgan fingerprint density at radius 1 is 1.30 bits per heavy atom. The lowest BCUT2D eigenvalue weighted by atomic mass is 9.80. The van der Waals surface area contributed by atoms with Crippen LogP contribution in [0.4, 0.5) is 0 Å². The molecule has 0 aromatic carbocycles. The Labute approximate surface area is 140 Å². The van der Waals surface area contributed by atoms with E-state index in [0.717, 1.165) is 29.5 Å². The number of thiophene rings is 1. The summed E-state index contributed by atoms with van der Waals surface area (Å²) in [7, 11) is -3.50. The van der Waals surface area contributed by atoms with Crippen molar-refractivity contribution >= 4 is 53.2 Å². The number of halogens is 2. The van der Waals surface area contributed by atoms with E-state index in [1.807, 2.05) is 0 Å². The van der Waals surface area contributed by atoms with Gasteiger partial charge in [-0.05, 0) is 62.6 Å². The third kappa shape index (κ3) is 4.04. The van der Waals surface area contributed by atoms with Crippen LogP contribution in [0, 0.1) is 11.8 Å². The number of sulfonamides is 1. The molecular formula is C12H17Br2NO3S2. The summed E-state index contributed by atoms with van der Waals surface area (Å²) in [6, 6.07) is 1.60. The SMILES string of the molecule is O=S(=O)(NCC1CCCCC1CO)c1cc(Br)sc1Br. The molecule has 1 heterocycles. The molecule has 114 valence electrons. The van der Waals surface area contributed by atoms with Crippen LogP contribution in [0.25, 0.3) is 0 Å². The highest BCUT2D eigenvalue weighted by molar-refractivity contribution is 9.12. The van der Waals surface area contributed by atoms with Gasteiger partial charge in [-0.3, -0.25) is 0 Å². The zero-order chi connectivity index (χ0) is 14.8. The Kier molecular flexibility index (Phi) is 6.08. The molecule has 0 spiro atoms. The minimum absolute atomic E-state index is 0.139. The van der Waals surface area contributed by atoms with Crippen molar-refractivity contribution in [2.75, 3.05) is 13.2 Å². The lowest BCUT2D eigenvalue weighted by molar-refractivity contribution is 0.136. The van der Waals surface area contributed by atoms with Crippen LogP contribution in [0.3, 0.4) is 0 Å². The molecule has 4 nitrogen and oxygen atoms in total. The van der Waals surface area contributed by atoms with E-state index in [4.69, 9.17) is 0 Å². The largest absolute Gasteiger partial charge is 0.396 e. The number of hydrogen-bond acceptors (Lipinski definition) is 4. The van der Waals surface area contributed by atoms with Gasteiger partial charge in [0.15, 0.2) is 0 Å². The van der Waals surface area contributed by atoms with Crippen molar-refractivity contribution in [3.05, 3.63) is 13.6 Å². The van der Waals surface area contributed by atoms with Gasteiger partial charge in [-0.2, -0.15) is 0 Å². The summed E-state index contributed by atoms with van der Waals surface area (Å²) in [4.78, 5) is 0.269. The number of aliphatic hydroxyl groups excluding tert-OH is 1. The van der Waals surface area contributed by atoms with Crippen LogP contribution >= 0.6 is 43.2 Å². The van der Waals surface area contributed by atoms with Gasteiger partial charge in [0, 0.05) is 13.2 Å². The van der Waals surface area contributed by atoms with Crippen molar-refractivity contribution in [2.24, 2.45) is 11.8 Å². The van der Waals surface area contributed by atoms with Crippen LogP contribution in [-0.4, -0.2) is 26.7 Å². The summed E-state index contributed by atoms with van der Waals surface area (Å²) in [5, 5.41) is 9.37. The van der Waals surface area contributed by atoms with Crippen molar-refractivity contribution in [3.63, 3.8) is 0 Å². The van der Waals surface area contributed by atoms with Gasteiger partial charge < -0.3 is 5.11 Å². The van der Waals surface area contributed by atoms with E-state index >= 15 is 0 Å². The minimum Gasteiger partial charge on any atom is -0.396 e. The van der Waals surface area contributed by atoms with Crippen molar-refractivity contribution < 1.29 is 13.5 Å². The van der Waals surface area contributed by atoms with Crippen LogP contribution in [0.2, 0.25) is 0 Å². The molecule has 0 radical (unpaired) electrons. The number of nitrogens with one attached hydrogen (secondary N) is 1. The lowest BCUT2D eigenvalue weighted by Crippen LogP contribution is -2.35. The van der Waals surface area contributed by atoms with Crippen LogP contribution < -0.4 is 4.72 Å². The summed E-state index contributed by atoms with van der Waals surface area (Å²) < 4.78 is 28.6. The molecule has 0 saturated heterocycles. The monoisotopic (exact) mass is 445 g/mol. The predicted octanol–water partition coefficient (Wildman–Crippen LogP) is 3.35. The third-order valence-corrected chi connectivity index (χ3v) is 7.93. The molecule has 1 fully saturated rings. The number of aliphatic hydroxyl groups is 1. The molecule has 2 N–H and O–H groups in total. The fraction of sp³-hybridized carbons (Fsp3) is 0.667. The van der Waals surface area contributed by atoms with Gasteiger partial charge in [0.25, 0.3) is 0 Å². The molecule has 0 aliphatic heterocycles. The van der Waals surface area contributed by atoms with E-state index < -0.39 is 10.0 Å². The van der Waals surface area contributed by atoms with Crippen LogP contribution in [-0.2, 0) is 10.0 Å². The van der Waals surface area contributed by atoms with Gasteiger partial charge in [0.2, 0.25) is 10.0 Å². The second kappa shape index (κ2) is 7.19. The Balaban J connectivity index is 2.03. The van der Waals surface area contributed by atoms with Crippen molar-refractivity contribution in [1.82, 2.24) is 4.72 Å². The van der Waals surface area contributed by atoms with Crippen LogP contribution in [0.1, 0.15) is 25.7 Å². The smallest absolute Gasteiger partial charge is 0.242 e. The molecule has 8 heteroatoms. The summed E-state index contributed by atoms with van der Waals surface area (Å²) in [6.45, 7) is 0.535. The van der Waals surface area contributed by atoms with Gasteiger partial charge >= 0.3 is 0 Å². The van der Waals surface area contributed by atoms with E-state index in [1.54, 1.807) is 6.07 Å². The molecule has 1 aromatic heterocycles. The topological polar surface area (TPSA) is 66.4 Å². The van der Waals surface area contributed by atoms with Gasteiger partial charge in [-0.15, -0.1) is 11.3 Å². The molecule has 1 aliphatic rings. The quantitative estimate of drug-likeness (QED) is 0.728. The first-order valence-corrected chi connectivity index (χ1v) is 10.4. The average molecular weight is 447 g/mol. The highest BCUT2D eigenvalue weighted by atomic mass is 79.9. The zero-order valence-electron chi connectivity index (χ0n) is 10.8. The van der Waals surface area contributed by atoms with Crippen LogP contribution in [0.15, 0.2) is 18.5 Å². The van der Waals surface area contributed by atoms with Gasteiger partial charge in [0.1, 0.15) is 4.90 Å². The van der Waals surface area contributed by atoms with Gasteiger partial charge in [0.05, 0.1) is 7.57 Å². The Hall–Kier alpha value is 0.530. The molecule has 20 heavy (non-hydrogen) atoms. The molecule has 1 aliphatic carbocycles. The summed E-state index contributed by atoms with van der Waals surface area (Å²) in [6.07, 6.45) is 4.19.